The third-order valence-corrected chi connectivity index (χ3v) is 2.91. The van der Waals surface area contributed by atoms with Gasteiger partial charge in [0.15, 0.2) is 0 Å². The number of ether oxygens (including phenoxy) is 1. The van der Waals surface area contributed by atoms with Crippen molar-refractivity contribution in [1.29, 1.82) is 0 Å². The van der Waals surface area contributed by atoms with Gasteiger partial charge in [0.25, 0.3) is 0 Å². The van der Waals surface area contributed by atoms with Gasteiger partial charge in [-0.2, -0.15) is 0 Å². The summed E-state index contributed by atoms with van der Waals surface area (Å²) < 4.78 is 5.22. The van der Waals surface area contributed by atoms with Crippen LogP contribution in [0.25, 0.3) is 0 Å². The zero-order valence-electron chi connectivity index (χ0n) is 9.89. The molecule has 5 nitrogen and oxygen atoms in total. The first-order chi connectivity index (χ1) is 7.70. The Kier molecular flexibility index (Phi) is 5.73. The van der Waals surface area contributed by atoms with Crippen LogP contribution in [-0.2, 0) is 9.53 Å². The zero-order valence-corrected chi connectivity index (χ0v) is 9.89. The van der Waals surface area contributed by atoms with Crippen molar-refractivity contribution in [2.45, 2.75) is 38.3 Å². The van der Waals surface area contributed by atoms with Gasteiger partial charge in [0, 0.05) is 6.54 Å². The number of aliphatic hydroxyl groups excluding tert-OH is 1. The fraction of sp³-hybridized carbons (Fsp3) is 0.909. The summed E-state index contributed by atoms with van der Waals surface area (Å²) in [6.07, 6.45) is 2.71. The summed E-state index contributed by atoms with van der Waals surface area (Å²) in [6.45, 7) is 3.48. The van der Waals surface area contributed by atoms with Crippen LogP contribution in [0.1, 0.15) is 26.2 Å². The molecule has 0 aromatic heterocycles. The van der Waals surface area contributed by atoms with Gasteiger partial charge in [0.05, 0.1) is 31.9 Å². The number of morpholine rings is 1. The minimum absolute atomic E-state index is 0.0594. The Morgan fingerprint density at radius 1 is 1.69 bits per heavy atom. The van der Waals surface area contributed by atoms with Crippen LogP contribution in [0.15, 0.2) is 0 Å². The molecule has 5 heteroatoms. The molecule has 0 aromatic carbocycles. The standard InChI is InChI=1S/C11H22N2O3/c1-2-3-4-10(12)11(15)13-5-6-16-8-9(13)7-14/h9-10,14H,2-8,12H2,1H3/t9?,10-/m0/s1. The van der Waals surface area contributed by atoms with Crippen molar-refractivity contribution >= 4 is 5.91 Å². The van der Waals surface area contributed by atoms with Gasteiger partial charge in [0.1, 0.15) is 0 Å². The fourth-order valence-electron chi connectivity index (χ4n) is 1.86. The maximum Gasteiger partial charge on any atom is 0.239 e. The lowest BCUT2D eigenvalue weighted by Crippen LogP contribution is -2.55. The van der Waals surface area contributed by atoms with Crippen LogP contribution in [0.5, 0.6) is 0 Å². The molecule has 16 heavy (non-hydrogen) atoms. The number of carbonyl (C=O) groups is 1. The van der Waals surface area contributed by atoms with Crippen molar-refractivity contribution in [3.63, 3.8) is 0 Å². The van der Waals surface area contributed by atoms with Crippen LogP contribution < -0.4 is 5.73 Å². The van der Waals surface area contributed by atoms with Crippen LogP contribution in [-0.4, -0.2) is 54.4 Å². The van der Waals surface area contributed by atoms with Gasteiger partial charge in [-0.1, -0.05) is 19.8 Å². The predicted octanol–water partition coefficient (Wildman–Crippen LogP) is -0.276. The number of hydrogen-bond acceptors (Lipinski definition) is 4. The number of unbranched alkanes of at least 4 members (excludes halogenated alkanes) is 1. The van der Waals surface area contributed by atoms with Gasteiger partial charge >= 0.3 is 0 Å². The molecule has 0 radical (unpaired) electrons. The van der Waals surface area contributed by atoms with Gasteiger partial charge in [-0.15, -0.1) is 0 Å². The molecular weight excluding hydrogens is 208 g/mol. The van der Waals surface area contributed by atoms with E-state index in [0.717, 1.165) is 12.8 Å². The molecule has 1 aliphatic rings. The average Bonchev–Trinajstić information content (AvgIpc) is 2.34. The maximum absolute atomic E-state index is 12.0. The van der Waals surface area contributed by atoms with Crippen molar-refractivity contribution in [2.24, 2.45) is 5.73 Å². The smallest absolute Gasteiger partial charge is 0.239 e. The lowest BCUT2D eigenvalue weighted by molar-refractivity contribution is -0.143. The van der Waals surface area contributed by atoms with E-state index in [1.165, 1.54) is 0 Å². The summed E-state index contributed by atoms with van der Waals surface area (Å²) in [7, 11) is 0. The summed E-state index contributed by atoms with van der Waals surface area (Å²) in [5.41, 5.74) is 5.84. The fourth-order valence-corrected chi connectivity index (χ4v) is 1.86. The molecule has 1 fully saturated rings. The van der Waals surface area contributed by atoms with Crippen molar-refractivity contribution in [3.05, 3.63) is 0 Å². The topological polar surface area (TPSA) is 75.8 Å². The molecule has 94 valence electrons. The van der Waals surface area contributed by atoms with E-state index in [9.17, 15) is 4.79 Å². The summed E-state index contributed by atoms with van der Waals surface area (Å²) in [6, 6.07) is -0.666. The molecule has 0 spiro atoms. The van der Waals surface area contributed by atoms with E-state index in [4.69, 9.17) is 15.6 Å². The Balaban J connectivity index is 2.49. The SMILES string of the molecule is CCCC[C@H](N)C(=O)N1CCOCC1CO. The Morgan fingerprint density at radius 2 is 2.44 bits per heavy atom. The van der Waals surface area contributed by atoms with Crippen LogP contribution in [0.3, 0.4) is 0 Å². The number of aliphatic hydroxyl groups is 1. The number of amides is 1. The van der Waals surface area contributed by atoms with Gasteiger partial charge in [-0.05, 0) is 6.42 Å². The van der Waals surface area contributed by atoms with Crippen molar-refractivity contribution < 1.29 is 14.6 Å². The third kappa shape index (κ3) is 3.43. The highest BCUT2D eigenvalue weighted by atomic mass is 16.5. The second kappa shape index (κ2) is 6.83. The molecule has 0 saturated carbocycles. The summed E-state index contributed by atoms with van der Waals surface area (Å²) in [4.78, 5) is 13.7. The van der Waals surface area contributed by atoms with E-state index in [2.05, 4.69) is 6.92 Å². The Bertz CT molecular complexity index is 223. The highest BCUT2D eigenvalue weighted by Gasteiger charge is 2.29. The third-order valence-electron chi connectivity index (χ3n) is 2.91. The lowest BCUT2D eigenvalue weighted by Gasteiger charge is -2.36. The monoisotopic (exact) mass is 230 g/mol. The molecule has 0 aromatic rings. The largest absolute Gasteiger partial charge is 0.394 e. The predicted molar refractivity (Wildman–Crippen MR) is 60.9 cm³/mol. The first-order valence-electron chi connectivity index (χ1n) is 5.95. The van der Waals surface area contributed by atoms with Crippen LogP contribution in [0, 0.1) is 0 Å². The van der Waals surface area contributed by atoms with E-state index in [0.29, 0.717) is 26.2 Å². The lowest BCUT2D eigenvalue weighted by atomic mass is 10.1. The number of carbonyl (C=O) groups excluding carboxylic acids is 1. The Morgan fingerprint density at radius 3 is 3.06 bits per heavy atom. The summed E-state index contributed by atoms with van der Waals surface area (Å²) >= 11 is 0. The maximum atomic E-state index is 12.0. The van der Waals surface area contributed by atoms with Gasteiger partial charge in [-0.3, -0.25) is 4.79 Å². The minimum atomic E-state index is -0.438. The zero-order chi connectivity index (χ0) is 12.0. The molecule has 3 N–H and O–H groups in total. The van der Waals surface area contributed by atoms with E-state index < -0.39 is 6.04 Å². The van der Waals surface area contributed by atoms with E-state index >= 15 is 0 Å². The number of rotatable bonds is 5. The summed E-state index contributed by atoms with van der Waals surface area (Å²) in [5, 5.41) is 9.15. The van der Waals surface area contributed by atoms with Crippen LogP contribution in [0.4, 0.5) is 0 Å². The second-order valence-corrected chi connectivity index (χ2v) is 4.19. The van der Waals surface area contributed by atoms with E-state index in [1.807, 2.05) is 0 Å². The average molecular weight is 230 g/mol. The first kappa shape index (κ1) is 13.4. The quantitative estimate of drug-likeness (QED) is 0.681. The molecule has 1 rings (SSSR count). The van der Waals surface area contributed by atoms with Crippen molar-refractivity contribution in [2.75, 3.05) is 26.4 Å². The Hall–Kier alpha value is -0.650. The van der Waals surface area contributed by atoms with E-state index in [-0.39, 0.29) is 18.6 Å². The molecular formula is C11H22N2O3. The number of nitrogens with zero attached hydrogens (tertiary/aromatic N) is 1. The van der Waals surface area contributed by atoms with Crippen molar-refractivity contribution in [3.8, 4) is 0 Å². The number of nitrogens with two attached hydrogens (primary N) is 1. The molecule has 1 saturated heterocycles. The Labute approximate surface area is 96.6 Å². The minimum Gasteiger partial charge on any atom is -0.394 e. The van der Waals surface area contributed by atoms with Gasteiger partial charge in [-0.25, -0.2) is 0 Å². The number of hydrogen-bond donors (Lipinski definition) is 2. The molecule has 0 aliphatic carbocycles. The normalized spacial score (nSPS) is 23.2. The van der Waals surface area contributed by atoms with Crippen molar-refractivity contribution in [1.82, 2.24) is 4.90 Å². The van der Waals surface area contributed by atoms with Gasteiger partial charge < -0.3 is 20.5 Å². The first-order valence-corrected chi connectivity index (χ1v) is 5.95. The van der Waals surface area contributed by atoms with Crippen LogP contribution in [0.2, 0.25) is 0 Å². The molecule has 1 unspecified atom stereocenters. The highest BCUT2D eigenvalue weighted by Crippen LogP contribution is 2.10. The highest BCUT2D eigenvalue weighted by molar-refractivity contribution is 5.82. The molecule has 1 heterocycles. The second-order valence-electron chi connectivity index (χ2n) is 4.19. The summed E-state index contributed by atoms with van der Waals surface area (Å²) in [5.74, 6) is -0.0594. The van der Waals surface area contributed by atoms with E-state index in [1.54, 1.807) is 4.90 Å². The molecule has 1 aliphatic heterocycles. The van der Waals surface area contributed by atoms with Gasteiger partial charge in [0.2, 0.25) is 5.91 Å². The molecule has 0 bridgehead atoms. The molecule has 2 atom stereocenters. The molecule has 1 amide bonds. The van der Waals surface area contributed by atoms with Crippen LogP contribution >= 0.6 is 0 Å².